The van der Waals surface area contributed by atoms with E-state index in [1.165, 1.54) is 12.1 Å². The smallest absolute Gasteiger partial charge is 0.251 e. The molecule has 0 spiro atoms. The van der Waals surface area contributed by atoms with E-state index in [9.17, 15) is 4.79 Å². The fourth-order valence-corrected chi connectivity index (χ4v) is 2.05. The van der Waals surface area contributed by atoms with Gasteiger partial charge in [0.25, 0.3) is 5.91 Å². The molecule has 0 radical (unpaired) electrons. The highest BCUT2D eigenvalue weighted by atomic mass is 35.5. The number of pyridine rings is 1. The number of carbonyl (C=O) groups excluding carboxylic acids is 1. The summed E-state index contributed by atoms with van der Waals surface area (Å²) in [6.45, 7) is 0.517. The van der Waals surface area contributed by atoms with E-state index in [1.54, 1.807) is 12.4 Å². The Morgan fingerprint density at radius 2 is 1.95 bits per heavy atom. The van der Waals surface area contributed by atoms with Crippen molar-refractivity contribution in [2.45, 2.75) is 6.42 Å². The predicted molar refractivity (Wildman–Crippen MR) is 81.1 cm³/mol. The quantitative estimate of drug-likeness (QED) is 0.853. The maximum atomic E-state index is 12.0. The zero-order valence-electron chi connectivity index (χ0n) is 10.6. The summed E-state index contributed by atoms with van der Waals surface area (Å²) < 4.78 is 0. The molecule has 4 nitrogen and oxygen atoms in total. The Morgan fingerprint density at radius 3 is 2.60 bits per heavy atom. The first-order chi connectivity index (χ1) is 9.58. The second-order valence-corrected chi connectivity index (χ2v) is 5.01. The number of hydrogen-bond acceptors (Lipinski definition) is 3. The summed E-state index contributed by atoms with van der Waals surface area (Å²) in [6, 6.07) is 6.82. The normalized spacial score (nSPS) is 10.3. The van der Waals surface area contributed by atoms with Crippen LogP contribution in [0.2, 0.25) is 10.0 Å². The molecule has 1 amide bonds. The van der Waals surface area contributed by atoms with E-state index < -0.39 is 0 Å². The number of hydrogen-bond donors (Lipinski definition) is 2. The van der Waals surface area contributed by atoms with Gasteiger partial charge in [0, 0.05) is 24.5 Å². The zero-order chi connectivity index (χ0) is 14.5. The number of nitrogens with zero attached hydrogens (tertiary/aromatic N) is 1. The van der Waals surface area contributed by atoms with Crippen molar-refractivity contribution in [3.63, 3.8) is 0 Å². The number of carbonyl (C=O) groups is 1. The fourth-order valence-electron chi connectivity index (χ4n) is 1.71. The van der Waals surface area contributed by atoms with Gasteiger partial charge >= 0.3 is 0 Å². The summed E-state index contributed by atoms with van der Waals surface area (Å²) in [5, 5.41) is 3.34. The van der Waals surface area contributed by atoms with E-state index in [0.717, 1.165) is 12.0 Å². The van der Waals surface area contributed by atoms with Gasteiger partial charge in [-0.25, -0.2) is 0 Å². The fraction of sp³-hybridized carbons (Fsp3) is 0.143. The second-order valence-electron chi connectivity index (χ2n) is 4.22. The first-order valence-electron chi connectivity index (χ1n) is 5.99. The number of aromatic nitrogens is 1. The van der Waals surface area contributed by atoms with Gasteiger partial charge in [-0.2, -0.15) is 0 Å². The van der Waals surface area contributed by atoms with Crippen molar-refractivity contribution in [3.8, 4) is 0 Å². The van der Waals surface area contributed by atoms with Crippen LogP contribution in [0.25, 0.3) is 0 Å². The Bertz CT molecular complexity index is 594. The number of amides is 1. The number of benzene rings is 1. The van der Waals surface area contributed by atoms with Gasteiger partial charge in [-0.05, 0) is 36.2 Å². The molecule has 104 valence electrons. The van der Waals surface area contributed by atoms with Crippen molar-refractivity contribution in [1.82, 2.24) is 10.3 Å². The molecule has 2 rings (SSSR count). The Labute approximate surface area is 126 Å². The van der Waals surface area contributed by atoms with Crippen molar-refractivity contribution in [1.29, 1.82) is 0 Å². The highest BCUT2D eigenvalue weighted by Crippen LogP contribution is 2.29. The van der Waals surface area contributed by atoms with Crippen LogP contribution in [0.5, 0.6) is 0 Å². The Kier molecular flexibility index (Phi) is 4.82. The molecule has 0 aliphatic rings. The Balaban J connectivity index is 1.95. The summed E-state index contributed by atoms with van der Waals surface area (Å²) >= 11 is 11.7. The lowest BCUT2D eigenvalue weighted by atomic mass is 10.1. The topological polar surface area (TPSA) is 68.0 Å². The largest absolute Gasteiger partial charge is 0.397 e. The van der Waals surface area contributed by atoms with Crippen LogP contribution in [0, 0.1) is 0 Å². The highest BCUT2D eigenvalue weighted by molar-refractivity contribution is 6.43. The summed E-state index contributed by atoms with van der Waals surface area (Å²) in [5.74, 6) is -0.232. The molecule has 1 aromatic heterocycles. The minimum Gasteiger partial charge on any atom is -0.397 e. The first-order valence-corrected chi connectivity index (χ1v) is 6.75. The predicted octanol–water partition coefficient (Wildman–Crippen LogP) is 2.94. The van der Waals surface area contributed by atoms with Gasteiger partial charge in [0.15, 0.2) is 0 Å². The van der Waals surface area contributed by atoms with Gasteiger partial charge in [0.2, 0.25) is 0 Å². The lowest BCUT2D eigenvalue weighted by Gasteiger charge is -2.08. The molecule has 0 unspecified atom stereocenters. The molecule has 0 bridgehead atoms. The molecular weight excluding hydrogens is 297 g/mol. The SMILES string of the molecule is Nc1cc(C(=O)NCCc2ccncc2)cc(Cl)c1Cl. The maximum Gasteiger partial charge on any atom is 0.251 e. The van der Waals surface area contributed by atoms with Crippen LogP contribution in [-0.2, 0) is 6.42 Å². The van der Waals surface area contributed by atoms with Crippen LogP contribution in [0.3, 0.4) is 0 Å². The number of nitrogens with one attached hydrogen (secondary N) is 1. The van der Waals surface area contributed by atoms with Crippen LogP contribution in [0.4, 0.5) is 5.69 Å². The molecule has 0 aliphatic heterocycles. The van der Waals surface area contributed by atoms with Crippen LogP contribution in [-0.4, -0.2) is 17.4 Å². The molecular formula is C14H13Cl2N3O. The van der Waals surface area contributed by atoms with Gasteiger partial charge in [0.1, 0.15) is 0 Å². The summed E-state index contributed by atoms with van der Waals surface area (Å²) in [7, 11) is 0. The van der Waals surface area contributed by atoms with Crippen LogP contribution >= 0.6 is 23.2 Å². The Morgan fingerprint density at radius 1 is 1.25 bits per heavy atom. The minimum atomic E-state index is -0.232. The standard InChI is InChI=1S/C14H13Cl2N3O/c15-11-7-10(8-12(17)13(11)16)14(20)19-6-3-9-1-4-18-5-2-9/h1-2,4-5,7-8H,3,6,17H2,(H,19,20). The molecule has 0 saturated carbocycles. The van der Waals surface area contributed by atoms with E-state index in [4.69, 9.17) is 28.9 Å². The van der Waals surface area contributed by atoms with Crippen molar-refractivity contribution >= 4 is 34.8 Å². The zero-order valence-corrected chi connectivity index (χ0v) is 12.1. The number of nitrogen functional groups attached to an aromatic ring is 1. The third kappa shape index (κ3) is 3.62. The van der Waals surface area contributed by atoms with Crippen molar-refractivity contribution in [3.05, 3.63) is 57.8 Å². The molecule has 3 N–H and O–H groups in total. The molecule has 0 aliphatic carbocycles. The van der Waals surface area contributed by atoms with Crippen LogP contribution in [0.1, 0.15) is 15.9 Å². The second kappa shape index (κ2) is 6.59. The molecule has 1 aromatic carbocycles. The molecule has 0 saturated heterocycles. The average Bonchev–Trinajstić information content (AvgIpc) is 2.45. The van der Waals surface area contributed by atoms with Gasteiger partial charge in [-0.3, -0.25) is 9.78 Å². The van der Waals surface area contributed by atoms with E-state index in [2.05, 4.69) is 10.3 Å². The number of nitrogens with two attached hydrogens (primary N) is 1. The average molecular weight is 310 g/mol. The lowest BCUT2D eigenvalue weighted by Crippen LogP contribution is -2.25. The summed E-state index contributed by atoms with van der Waals surface area (Å²) in [6.07, 6.45) is 4.17. The summed E-state index contributed by atoms with van der Waals surface area (Å²) in [5.41, 5.74) is 7.47. The van der Waals surface area contributed by atoms with E-state index >= 15 is 0 Å². The van der Waals surface area contributed by atoms with E-state index in [1.807, 2.05) is 12.1 Å². The van der Waals surface area contributed by atoms with Gasteiger partial charge in [-0.15, -0.1) is 0 Å². The van der Waals surface area contributed by atoms with Crippen molar-refractivity contribution in [2.24, 2.45) is 0 Å². The van der Waals surface area contributed by atoms with Gasteiger partial charge in [0.05, 0.1) is 15.7 Å². The number of anilines is 1. The number of halogens is 2. The van der Waals surface area contributed by atoms with E-state index in [-0.39, 0.29) is 16.0 Å². The molecule has 2 aromatic rings. The minimum absolute atomic E-state index is 0.232. The van der Waals surface area contributed by atoms with Crippen LogP contribution < -0.4 is 11.1 Å². The third-order valence-corrected chi connectivity index (χ3v) is 3.58. The molecule has 0 atom stereocenters. The monoisotopic (exact) mass is 309 g/mol. The number of rotatable bonds is 4. The maximum absolute atomic E-state index is 12.0. The molecule has 1 heterocycles. The van der Waals surface area contributed by atoms with E-state index in [0.29, 0.717) is 17.8 Å². The lowest BCUT2D eigenvalue weighted by molar-refractivity contribution is 0.0954. The molecule has 0 fully saturated rings. The van der Waals surface area contributed by atoms with Crippen molar-refractivity contribution in [2.75, 3.05) is 12.3 Å². The molecule has 6 heteroatoms. The summed E-state index contributed by atoms with van der Waals surface area (Å²) in [4.78, 5) is 15.9. The van der Waals surface area contributed by atoms with Crippen molar-refractivity contribution < 1.29 is 4.79 Å². The van der Waals surface area contributed by atoms with Gasteiger partial charge < -0.3 is 11.1 Å². The van der Waals surface area contributed by atoms with Crippen LogP contribution in [0.15, 0.2) is 36.7 Å². The first kappa shape index (κ1) is 14.6. The highest BCUT2D eigenvalue weighted by Gasteiger charge is 2.10. The molecule has 20 heavy (non-hydrogen) atoms. The third-order valence-electron chi connectivity index (χ3n) is 2.77. The van der Waals surface area contributed by atoms with Gasteiger partial charge in [-0.1, -0.05) is 23.2 Å². The Hall–Kier alpha value is -1.78.